The van der Waals surface area contributed by atoms with Gasteiger partial charge in [-0.1, -0.05) is 97.1 Å². The topological polar surface area (TPSA) is 108 Å². The molecule has 8 rings (SSSR count). The Morgan fingerprint density at radius 3 is 1.11 bits per heavy atom. The number of methoxy groups -OCH3 is 2. The van der Waals surface area contributed by atoms with Crippen LogP contribution in [0, 0.1) is 0 Å². The van der Waals surface area contributed by atoms with E-state index >= 15 is 0 Å². The van der Waals surface area contributed by atoms with Crippen LogP contribution in [-0.4, -0.2) is 75.4 Å². The van der Waals surface area contributed by atoms with Crippen molar-refractivity contribution in [2.24, 2.45) is 0 Å². The normalized spacial score (nSPS) is 21.2. The minimum Gasteiger partial charge on any atom is -0.453 e. The number of ether oxygens (including phenoxy) is 8. The van der Waals surface area contributed by atoms with Crippen molar-refractivity contribution in [3.8, 4) is 0 Å². The maximum atomic E-state index is 14.7. The average Bonchev–Trinajstić information content (AvgIpc) is 3.75. The molecule has 10 nitrogen and oxygen atoms in total. The highest BCUT2D eigenvalue weighted by molar-refractivity contribution is 6.06. The van der Waals surface area contributed by atoms with E-state index in [1.54, 1.807) is 27.7 Å². The van der Waals surface area contributed by atoms with E-state index in [1.165, 1.54) is 14.2 Å². The monoisotopic (exact) mass is 758 g/mol. The van der Waals surface area contributed by atoms with Crippen molar-refractivity contribution in [2.75, 3.05) is 27.4 Å². The van der Waals surface area contributed by atoms with Gasteiger partial charge in [-0.15, -0.1) is 0 Å². The van der Waals surface area contributed by atoms with Gasteiger partial charge in [0.25, 0.3) is 0 Å². The van der Waals surface area contributed by atoms with Crippen LogP contribution in [0.1, 0.15) is 51.0 Å². The molecule has 56 heavy (non-hydrogen) atoms. The van der Waals surface area contributed by atoms with Gasteiger partial charge in [0, 0.05) is 25.3 Å². The number of esters is 2. The van der Waals surface area contributed by atoms with E-state index in [2.05, 4.69) is 12.1 Å². The lowest BCUT2D eigenvalue weighted by Gasteiger charge is -2.35. The lowest BCUT2D eigenvalue weighted by molar-refractivity contribution is -0.216. The van der Waals surface area contributed by atoms with E-state index in [0.717, 1.165) is 43.1 Å². The Labute approximate surface area is 325 Å². The molecule has 6 atom stereocenters. The molecule has 0 aliphatic carbocycles. The summed E-state index contributed by atoms with van der Waals surface area (Å²) in [4.78, 5) is 29.5. The zero-order valence-corrected chi connectivity index (χ0v) is 32.4. The zero-order chi connectivity index (χ0) is 39.2. The van der Waals surface area contributed by atoms with Gasteiger partial charge in [0.15, 0.2) is 36.0 Å². The van der Waals surface area contributed by atoms with Crippen LogP contribution in [0.4, 0.5) is 0 Å². The summed E-state index contributed by atoms with van der Waals surface area (Å²) in [6, 6.07) is 35.5. The summed E-state index contributed by atoms with van der Waals surface area (Å²) in [7, 11) is 2.95. The van der Waals surface area contributed by atoms with Crippen LogP contribution in [0.15, 0.2) is 109 Å². The van der Waals surface area contributed by atoms with E-state index in [1.807, 2.05) is 97.1 Å². The summed E-state index contributed by atoms with van der Waals surface area (Å²) in [5.74, 6) is -3.43. The molecule has 2 aliphatic heterocycles. The predicted molar refractivity (Wildman–Crippen MR) is 212 cm³/mol. The van der Waals surface area contributed by atoms with Crippen LogP contribution < -0.4 is 0 Å². The van der Waals surface area contributed by atoms with Crippen LogP contribution >= 0.6 is 0 Å². The Kier molecular flexibility index (Phi) is 10.3. The first-order valence-corrected chi connectivity index (χ1v) is 18.9. The second-order valence-electron chi connectivity index (χ2n) is 15.2. The molecule has 6 aromatic rings. The molecule has 0 amide bonds. The molecule has 2 heterocycles. The van der Waals surface area contributed by atoms with E-state index in [-0.39, 0.29) is 13.2 Å². The standard InChI is InChI=1S/C46H46O10/c1-45(2)51-25-35(55-45)39(53-43(47)41(49-5)37-31-19-11-7-15-27(31)23-28-16-8-12-20-32(28)37)40(36-26-52-46(3,4)56-36)54-44(48)42(50-6)38-33-21-13-9-17-29(33)24-30-18-10-14-22-34(30)38/h7-24,35-36,39-42H,25-26H2,1-6H3/t35-,36-,39-,40-,41+,42+/m1/s1. The van der Waals surface area contributed by atoms with E-state index in [0.29, 0.717) is 11.1 Å². The smallest absolute Gasteiger partial charge is 0.340 e. The Bertz CT molecular complexity index is 2140. The van der Waals surface area contributed by atoms with Gasteiger partial charge in [0.05, 0.1) is 13.2 Å². The number of carbonyl (C=O) groups excluding carboxylic acids is 2. The van der Waals surface area contributed by atoms with Gasteiger partial charge in [0.1, 0.15) is 12.2 Å². The quantitative estimate of drug-likeness (QED) is 0.0943. The molecule has 0 aromatic heterocycles. The molecule has 6 aromatic carbocycles. The molecule has 0 N–H and O–H groups in total. The second kappa shape index (κ2) is 15.2. The molecule has 0 radical (unpaired) electrons. The van der Waals surface area contributed by atoms with Crippen LogP contribution in [0.2, 0.25) is 0 Å². The fourth-order valence-electron chi connectivity index (χ4n) is 8.18. The molecular formula is C46H46O10. The van der Waals surface area contributed by atoms with Crippen LogP contribution in [0.25, 0.3) is 43.1 Å². The fourth-order valence-corrected chi connectivity index (χ4v) is 8.18. The molecule has 0 saturated carbocycles. The van der Waals surface area contributed by atoms with Crippen molar-refractivity contribution in [1.82, 2.24) is 0 Å². The van der Waals surface area contributed by atoms with Crippen molar-refractivity contribution < 1.29 is 47.5 Å². The lowest BCUT2D eigenvalue weighted by Crippen LogP contribution is -2.52. The summed E-state index contributed by atoms with van der Waals surface area (Å²) in [5.41, 5.74) is 1.32. The van der Waals surface area contributed by atoms with Gasteiger partial charge >= 0.3 is 11.9 Å². The third-order valence-electron chi connectivity index (χ3n) is 10.7. The Balaban J connectivity index is 1.21. The lowest BCUT2D eigenvalue weighted by atomic mass is 9.93. The van der Waals surface area contributed by atoms with E-state index < -0.39 is 60.1 Å². The van der Waals surface area contributed by atoms with Crippen molar-refractivity contribution in [1.29, 1.82) is 0 Å². The first-order valence-electron chi connectivity index (χ1n) is 18.9. The summed E-state index contributed by atoms with van der Waals surface area (Å²) < 4.78 is 49.8. The SMILES string of the molecule is CO[C@H](C(=O)O[C@@H]([C@H](OC(=O)[C@@H](OC)c1c2ccccc2cc2ccccc12)[C@H]1COC(C)(C)O1)[C@H]1COC(C)(C)O1)c1c2ccccc2cc2ccccc12. The van der Waals surface area contributed by atoms with E-state index in [4.69, 9.17) is 37.9 Å². The molecule has 0 bridgehead atoms. The average molecular weight is 759 g/mol. The molecule has 290 valence electrons. The first-order chi connectivity index (χ1) is 27.0. The summed E-state index contributed by atoms with van der Waals surface area (Å²) >= 11 is 0. The minimum absolute atomic E-state index is 0.0481. The van der Waals surface area contributed by atoms with Gasteiger partial charge in [-0.2, -0.15) is 0 Å². The van der Waals surface area contributed by atoms with Gasteiger partial charge in [-0.25, -0.2) is 9.59 Å². The van der Waals surface area contributed by atoms with Gasteiger partial charge < -0.3 is 37.9 Å². The highest BCUT2D eigenvalue weighted by Gasteiger charge is 2.51. The molecule has 2 fully saturated rings. The number of benzene rings is 6. The third-order valence-corrected chi connectivity index (χ3v) is 10.7. The molecule has 0 spiro atoms. The Morgan fingerprint density at radius 2 is 0.839 bits per heavy atom. The van der Waals surface area contributed by atoms with Crippen molar-refractivity contribution in [3.05, 3.63) is 120 Å². The predicted octanol–water partition coefficient (Wildman–Crippen LogP) is 8.50. The molecule has 2 aliphatic rings. The third kappa shape index (κ3) is 7.25. The number of fused-ring (bicyclic) bond motifs is 4. The number of hydrogen-bond acceptors (Lipinski definition) is 10. The molecule has 10 heteroatoms. The molecule has 2 saturated heterocycles. The molecule has 0 unspecified atom stereocenters. The number of hydrogen-bond donors (Lipinski definition) is 0. The first kappa shape index (κ1) is 38.0. The van der Waals surface area contributed by atoms with Crippen LogP contribution in [0.5, 0.6) is 0 Å². The van der Waals surface area contributed by atoms with E-state index in [9.17, 15) is 9.59 Å². The van der Waals surface area contributed by atoms with Crippen LogP contribution in [0.3, 0.4) is 0 Å². The Hall–Kier alpha value is -4.94. The maximum Gasteiger partial charge on any atom is 0.340 e. The zero-order valence-electron chi connectivity index (χ0n) is 32.4. The summed E-state index contributed by atoms with van der Waals surface area (Å²) in [6.07, 6.45) is -6.49. The minimum atomic E-state index is -1.23. The van der Waals surface area contributed by atoms with Gasteiger partial charge in [-0.3, -0.25) is 0 Å². The van der Waals surface area contributed by atoms with Crippen LogP contribution in [-0.2, 0) is 47.5 Å². The van der Waals surface area contributed by atoms with Crippen molar-refractivity contribution in [3.63, 3.8) is 0 Å². The largest absolute Gasteiger partial charge is 0.453 e. The van der Waals surface area contributed by atoms with Crippen molar-refractivity contribution in [2.45, 2.75) is 75.9 Å². The van der Waals surface area contributed by atoms with Gasteiger partial charge in [-0.05, 0) is 82.9 Å². The number of rotatable bonds is 11. The molecular weight excluding hydrogens is 712 g/mol. The van der Waals surface area contributed by atoms with Gasteiger partial charge in [0.2, 0.25) is 0 Å². The summed E-state index contributed by atoms with van der Waals surface area (Å²) in [5, 5.41) is 7.15. The maximum absolute atomic E-state index is 14.7. The Morgan fingerprint density at radius 1 is 0.536 bits per heavy atom. The summed E-state index contributed by atoms with van der Waals surface area (Å²) in [6.45, 7) is 7.20. The number of carbonyl (C=O) groups is 2. The second-order valence-corrected chi connectivity index (χ2v) is 15.2. The highest BCUT2D eigenvalue weighted by atomic mass is 16.8. The fraction of sp³-hybridized carbons (Fsp3) is 0.348. The van der Waals surface area contributed by atoms with Crippen molar-refractivity contribution >= 4 is 55.0 Å². The highest BCUT2D eigenvalue weighted by Crippen LogP contribution is 2.40.